The summed E-state index contributed by atoms with van der Waals surface area (Å²) in [6.45, 7) is 6.15. The molecular weight excluding hydrogens is 334 g/mol. The average molecular weight is 361 g/mol. The smallest absolute Gasteiger partial charge is 0.279 e. The number of hydrogen-bond donors (Lipinski definition) is 2. The molecule has 1 amide bonds. The quantitative estimate of drug-likeness (QED) is 0.796. The summed E-state index contributed by atoms with van der Waals surface area (Å²) in [5.74, 6) is 0.00660. The highest BCUT2D eigenvalue weighted by atomic mass is 35.5. The van der Waals surface area contributed by atoms with Crippen LogP contribution in [0.15, 0.2) is 42.5 Å². The molecule has 2 N–H and O–H groups in total. The molecule has 0 saturated heterocycles. The van der Waals surface area contributed by atoms with Gasteiger partial charge in [-0.2, -0.15) is 0 Å². The van der Waals surface area contributed by atoms with E-state index in [9.17, 15) is 4.79 Å². The fraction of sp³-hybridized carbons (Fsp3) is 0.350. The van der Waals surface area contributed by atoms with Gasteiger partial charge in [0, 0.05) is 36.1 Å². The number of rotatable bonds is 7. The van der Waals surface area contributed by atoms with Gasteiger partial charge in [0.1, 0.15) is 6.54 Å². The standard InChI is InChI=1S/C20H26ClN3O/c1-5-24(13-16-9-11-17(12-10-16)23(3)4)14-20(25)22-19-8-6-7-18(21)15(19)2/h6-12H,5,13-14H2,1-4H3,(H,22,25)/p+1. The van der Waals surface area contributed by atoms with E-state index >= 15 is 0 Å². The number of nitrogens with zero attached hydrogens (tertiary/aromatic N) is 1. The SMILES string of the molecule is CC[NH+](CC(=O)Nc1cccc(Cl)c1C)Cc1ccc(N(C)C)cc1. The van der Waals surface area contributed by atoms with Gasteiger partial charge in [-0.25, -0.2) is 0 Å². The first kappa shape index (κ1) is 19.3. The number of likely N-dealkylation sites (N-methyl/N-ethyl adjacent to an activating group) is 1. The Morgan fingerprint density at radius 1 is 1.16 bits per heavy atom. The lowest BCUT2D eigenvalue weighted by molar-refractivity contribution is -0.903. The molecule has 2 aromatic carbocycles. The third-order valence-corrected chi connectivity index (χ3v) is 4.77. The topological polar surface area (TPSA) is 36.8 Å². The van der Waals surface area contributed by atoms with Crippen LogP contribution >= 0.6 is 11.6 Å². The summed E-state index contributed by atoms with van der Waals surface area (Å²) in [7, 11) is 4.06. The molecule has 0 fully saturated rings. The molecule has 1 unspecified atom stereocenters. The summed E-state index contributed by atoms with van der Waals surface area (Å²) in [6, 6.07) is 14.0. The van der Waals surface area contributed by atoms with Gasteiger partial charge in [0.15, 0.2) is 6.54 Å². The van der Waals surface area contributed by atoms with Crippen molar-refractivity contribution in [2.75, 3.05) is 37.4 Å². The van der Waals surface area contributed by atoms with Crippen molar-refractivity contribution in [2.45, 2.75) is 20.4 Å². The molecule has 2 rings (SSSR count). The Labute approximate surface area is 155 Å². The Balaban J connectivity index is 1.96. The molecule has 1 atom stereocenters. The summed E-state index contributed by atoms with van der Waals surface area (Å²) in [4.78, 5) is 15.7. The summed E-state index contributed by atoms with van der Waals surface area (Å²) < 4.78 is 0. The molecule has 25 heavy (non-hydrogen) atoms. The first-order valence-electron chi connectivity index (χ1n) is 8.55. The summed E-state index contributed by atoms with van der Waals surface area (Å²) in [6.07, 6.45) is 0. The Morgan fingerprint density at radius 3 is 2.44 bits per heavy atom. The maximum atomic E-state index is 12.4. The van der Waals surface area contributed by atoms with Crippen LogP contribution in [-0.2, 0) is 11.3 Å². The number of benzene rings is 2. The molecule has 2 aromatic rings. The molecule has 0 saturated carbocycles. The molecule has 0 aliphatic heterocycles. The molecule has 134 valence electrons. The molecule has 0 aliphatic rings. The zero-order valence-corrected chi connectivity index (χ0v) is 16.2. The zero-order chi connectivity index (χ0) is 18.4. The lowest BCUT2D eigenvalue weighted by atomic mass is 10.2. The third-order valence-electron chi connectivity index (χ3n) is 4.36. The Kier molecular flexibility index (Phi) is 6.85. The number of quaternary nitrogens is 1. The van der Waals surface area contributed by atoms with E-state index in [0.717, 1.165) is 24.3 Å². The maximum Gasteiger partial charge on any atom is 0.279 e. The van der Waals surface area contributed by atoms with Gasteiger partial charge in [-0.15, -0.1) is 0 Å². The van der Waals surface area contributed by atoms with E-state index < -0.39 is 0 Å². The van der Waals surface area contributed by atoms with E-state index in [1.54, 1.807) is 0 Å². The van der Waals surface area contributed by atoms with Crippen molar-refractivity contribution in [3.05, 3.63) is 58.6 Å². The lowest BCUT2D eigenvalue weighted by Gasteiger charge is -2.19. The summed E-state index contributed by atoms with van der Waals surface area (Å²) in [5, 5.41) is 3.64. The van der Waals surface area contributed by atoms with E-state index in [2.05, 4.69) is 41.4 Å². The van der Waals surface area contributed by atoms with Crippen LogP contribution in [0.1, 0.15) is 18.1 Å². The van der Waals surface area contributed by atoms with Crippen LogP contribution in [0.25, 0.3) is 0 Å². The van der Waals surface area contributed by atoms with Crippen molar-refractivity contribution in [1.29, 1.82) is 0 Å². The van der Waals surface area contributed by atoms with Gasteiger partial charge in [-0.1, -0.05) is 29.8 Å². The second-order valence-corrected chi connectivity index (χ2v) is 6.89. The van der Waals surface area contributed by atoms with Crippen molar-refractivity contribution in [1.82, 2.24) is 0 Å². The highest BCUT2D eigenvalue weighted by Gasteiger charge is 2.14. The van der Waals surface area contributed by atoms with Gasteiger partial charge >= 0.3 is 0 Å². The van der Waals surface area contributed by atoms with Gasteiger partial charge in [-0.05, 0) is 43.7 Å². The van der Waals surface area contributed by atoms with E-state index in [0.29, 0.717) is 11.6 Å². The number of hydrogen-bond acceptors (Lipinski definition) is 2. The summed E-state index contributed by atoms with van der Waals surface area (Å²) >= 11 is 6.11. The van der Waals surface area contributed by atoms with Crippen LogP contribution in [0.2, 0.25) is 5.02 Å². The fourth-order valence-electron chi connectivity index (χ4n) is 2.68. The maximum absolute atomic E-state index is 12.4. The molecule has 0 spiro atoms. The Hall–Kier alpha value is -2.04. The molecular formula is C20H27ClN3O+. The van der Waals surface area contributed by atoms with Gasteiger partial charge in [0.2, 0.25) is 0 Å². The number of nitrogens with one attached hydrogen (secondary N) is 2. The fourth-order valence-corrected chi connectivity index (χ4v) is 2.85. The highest BCUT2D eigenvalue weighted by molar-refractivity contribution is 6.31. The lowest BCUT2D eigenvalue weighted by Crippen LogP contribution is -3.11. The minimum absolute atomic E-state index is 0.00660. The van der Waals surface area contributed by atoms with Crippen molar-refractivity contribution >= 4 is 28.9 Å². The minimum Gasteiger partial charge on any atom is -0.378 e. The molecule has 0 heterocycles. The van der Waals surface area contributed by atoms with Gasteiger partial charge in [-0.3, -0.25) is 4.79 Å². The largest absolute Gasteiger partial charge is 0.378 e. The first-order chi connectivity index (χ1) is 11.9. The third kappa shape index (κ3) is 5.48. The Morgan fingerprint density at radius 2 is 1.84 bits per heavy atom. The van der Waals surface area contributed by atoms with Crippen molar-refractivity contribution in [2.24, 2.45) is 0 Å². The van der Waals surface area contributed by atoms with Crippen LogP contribution in [0.4, 0.5) is 11.4 Å². The zero-order valence-electron chi connectivity index (χ0n) is 15.4. The van der Waals surface area contributed by atoms with Crippen molar-refractivity contribution < 1.29 is 9.69 Å². The van der Waals surface area contributed by atoms with Gasteiger partial charge in [0.05, 0.1) is 6.54 Å². The second kappa shape index (κ2) is 8.88. The van der Waals surface area contributed by atoms with Gasteiger partial charge in [0.25, 0.3) is 5.91 Å². The number of halogens is 1. The number of carbonyl (C=O) groups excluding carboxylic acids is 1. The van der Waals surface area contributed by atoms with Crippen LogP contribution < -0.4 is 15.1 Å². The van der Waals surface area contributed by atoms with E-state index in [1.165, 1.54) is 16.2 Å². The number of amides is 1. The predicted octanol–water partition coefficient (Wildman–Crippen LogP) is 2.76. The minimum atomic E-state index is 0.00660. The van der Waals surface area contributed by atoms with Crippen molar-refractivity contribution in [3.8, 4) is 0 Å². The van der Waals surface area contributed by atoms with Crippen LogP contribution in [0.3, 0.4) is 0 Å². The molecule has 4 nitrogen and oxygen atoms in total. The van der Waals surface area contributed by atoms with Crippen LogP contribution in [-0.4, -0.2) is 33.1 Å². The summed E-state index contributed by atoms with van der Waals surface area (Å²) in [5.41, 5.74) is 4.09. The predicted molar refractivity (Wildman–Crippen MR) is 106 cm³/mol. The van der Waals surface area contributed by atoms with Gasteiger partial charge < -0.3 is 15.1 Å². The van der Waals surface area contributed by atoms with E-state index in [1.807, 2.05) is 39.2 Å². The van der Waals surface area contributed by atoms with Crippen LogP contribution in [0, 0.1) is 6.92 Å². The van der Waals surface area contributed by atoms with Crippen molar-refractivity contribution in [3.63, 3.8) is 0 Å². The molecule has 5 heteroatoms. The van der Waals surface area contributed by atoms with E-state index in [4.69, 9.17) is 11.6 Å². The molecule has 0 aromatic heterocycles. The van der Waals surface area contributed by atoms with E-state index in [-0.39, 0.29) is 5.91 Å². The molecule has 0 aliphatic carbocycles. The first-order valence-corrected chi connectivity index (χ1v) is 8.93. The number of anilines is 2. The average Bonchev–Trinajstić information content (AvgIpc) is 2.58. The highest BCUT2D eigenvalue weighted by Crippen LogP contribution is 2.22. The normalized spacial score (nSPS) is 11.9. The number of carbonyl (C=O) groups is 1. The monoisotopic (exact) mass is 360 g/mol. The van der Waals surface area contributed by atoms with Crippen LogP contribution in [0.5, 0.6) is 0 Å². The second-order valence-electron chi connectivity index (χ2n) is 6.48. The molecule has 0 bridgehead atoms. The molecule has 0 radical (unpaired) electrons. The Bertz CT molecular complexity index is 713.